The topological polar surface area (TPSA) is 72.5 Å². The van der Waals surface area contributed by atoms with Crippen LogP contribution in [0.4, 0.5) is 14.5 Å². The molecule has 5 nitrogen and oxygen atoms in total. The van der Waals surface area contributed by atoms with E-state index in [0.717, 1.165) is 43.9 Å². The van der Waals surface area contributed by atoms with Crippen LogP contribution < -0.4 is 5.32 Å². The Bertz CT molecular complexity index is 881. The maximum Gasteiger partial charge on any atom is 0.306 e. The Morgan fingerprint density at radius 1 is 0.967 bits per heavy atom. The molecule has 0 bridgehead atoms. The third-order valence-corrected chi connectivity index (χ3v) is 4.47. The minimum absolute atomic E-state index is 0.0475. The van der Waals surface area contributed by atoms with E-state index in [0.29, 0.717) is 5.56 Å². The molecule has 0 saturated carbocycles. The van der Waals surface area contributed by atoms with Crippen molar-refractivity contribution in [3.05, 3.63) is 65.2 Å². The van der Waals surface area contributed by atoms with E-state index in [4.69, 9.17) is 4.74 Å². The molecule has 0 aliphatic carbocycles. The van der Waals surface area contributed by atoms with Gasteiger partial charge < -0.3 is 10.1 Å². The number of hydrogen-bond donors (Lipinski definition) is 1. The standard InChI is InChI=1S/C23H25F2NO4/c1-2-3-4-5-16-6-8-17(9-7-16)21(27)12-13-23(29)30-15-22(28)26-20-14-18(24)10-11-19(20)25/h6-11,14H,2-5,12-13,15H2,1H3,(H,26,28). The molecule has 0 atom stereocenters. The summed E-state index contributed by atoms with van der Waals surface area (Å²) in [5.74, 6) is -3.25. The number of amides is 1. The second-order valence-electron chi connectivity index (χ2n) is 6.91. The van der Waals surface area contributed by atoms with Crippen molar-refractivity contribution >= 4 is 23.3 Å². The van der Waals surface area contributed by atoms with E-state index in [9.17, 15) is 23.2 Å². The summed E-state index contributed by atoms with van der Waals surface area (Å²) in [5.41, 5.74) is 1.34. The van der Waals surface area contributed by atoms with Crippen molar-refractivity contribution in [2.75, 3.05) is 11.9 Å². The average Bonchev–Trinajstić information content (AvgIpc) is 2.74. The second kappa shape index (κ2) is 11.8. The van der Waals surface area contributed by atoms with Gasteiger partial charge in [-0.2, -0.15) is 0 Å². The molecule has 0 heterocycles. The quantitative estimate of drug-likeness (QED) is 0.323. The van der Waals surface area contributed by atoms with Crippen LogP contribution in [0.5, 0.6) is 0 Å². The summed E-state index contributed by atoms with van der Waals surface area (Å²) >= 11 is 0. The molecule has 30 heavy (non-hydrogen) atoms. The lowest BCUT2D eigenvalue weighted by atomic mass is 10.0. The van der Waals surface area contributed by atoms with Gasteiger partial charge >= 0.3 is 5.97 Å². The zero-order chi connectivity index (χ0) is 21.9. The normalized spacial score (nSPS) is 10.5. The Morgan fingerprint density at radius 3 is 2.40 bits per heavy atom. The number of nitrogens with one attached hydrogen (secondary N) is 1. The molecule has 0 aromatic heterocycles. The number of rotatable bonds is 11. The highest BCUT2D eigenvalue weighted by molar-refractivity contribution is 5.98. The summed E-state index contributed by atoms with van der Waals surface area (Å²) in [6.45, 7) is 1.48. The van der Waals surface area contributed by atoms with Crippen LogP contribution in [0.2, 0.25) is 0 Å². The molecule has 0 aliphatic heterocycles. The highest BCUT2D eigenvalue weighted by Gasteiger charge is 2.13. The van der Waals surface area contributed by atoms with Gasteiger partial charge in [-0.15, -0.1) is 0 Å². The number of benzene rings is 2. The Morgan fingerprint density at radius 2 is 1.70 bits per heavy atom. The highest BCUT2D eigenvalue weighted by atomic mass is 19.1. The number of hydrogen-bond acceptors (Lipinski definition) is 4. The van der Waals surface area contributed by atoms with Gasteiger partial charge in [0.2, 0.25) is 0 Å². The molecule has 0 saturated heterocycles. The Kier molecular flexibility index (Phi) is 9.12. The number of aryl methyl sites for hydroxylation is 1. The number of halogens is 2. The van der Waals surface area contributed by atoms with Gasteiger partial charge in [-0.1, -0.05) is 44.0 Å². The fourth-order valence-electron chi connectivity index (χ4n) is 2.79. The van der Waals surface area contributed by atoms with Crippen molar-refractivity contribution < 1.29 is 27.9 Å². The van der Waals surface area contributed by atoms with Crippen LogP contribution in [0, 0.1) is 11.6 Å². The summed E-state index contributed by atoms with van der Waals surface area (Å²) in [4.78, 5) is 35.7. The first-order valence-corrected chi connectivity index (χ1v) is 9.91. The van der Waals surface area contributed by atoms with Gasteiger partial charge in [-0.05, 0) is 30.5 Å². The molecular formula is C23H25F2NO4. The van der Waals surface area contributed by atoms with Crippen LogP contribution in [-0.4, -0.2) is 24.3 Å². The van der Waals surface area contributed by atoms with Crippen LogP contribution >= 0.6 is 0 Å². The second-order valence-corrected chi connectivity index (χ2v) is 6.91. The van der Waals surface area contributed by atoms with E-state index >= 15 is 0 Å². The fraction of sp³-hybridized carbons (Fsp3) is 0.348. The molecule has 160 valence electrons. The van der Waals surface area contributed by atoms with Gasteiger partial charge in [-0.3, -0.25) is 14.4 Å². The Hall–Kier alpha value is -3.09. The number of carbonyl (C=O) groups excluding carboxylic acids is 3. The third kappa shape index (κ3) is 7.73. The number of ketones is 1. The Labute approximate surface area is 174 Å². The number of unbranched alkanes of at least 4 members (excludes halogenated alkanes) is 2. The molecule has 0 fully saturated rings. The summed E-state index contributed by atoms with van der Waals surface area (Å²) in [7, 11) is 0. The van der Waals surface area contributed by atoms with Gasteiger partial charge in [0.05, 0.1) is 12.1 Å². The molecule has 0 aliphatic rings. The van der Waals surface area contributed by atoms with Crippen molar-refractivity contribution in [2.24, 2.45) is 0 Å². The van der Waals surface area contributed by atoms with Gasteiger partial charge in [0.15, 0.2) is 12.4 Å². The predicted molar refractivity (Wildman–Crippen MR) is 109 cm³/mol. The molecule has 2 rings (SSSR count). The predicted octanol–water partition coefficient (Wildman–Crippen LogP) is 4.84. The van der Waals surface area contributed by atoms with Crippen molar-refractivity contribution in [2.45, 2.75) is 45.4 Å². The number of anilines is 1. The summed E-state index contributed by atoms with van der Waals surface area (Å²) < 4.78 is 31.3. The summed E-state index contributed by atoms with van der Waals surface area (Å²) in [6.07, 6.45) is 4.16. The van der Waals surface area contributed by atoms with E-state index < -0.39 is 30.1 Å². The zero-order valence-electron chi connectivity index (χ0n) is 16.9. The van der Waals surface area contributed by atoms with E-state index in [1.165, 1.54) is 5.56 Å². The van der Waals surface area contributed by atoms with E-state index in [1.54, 1.807) is 12.1 Å². The molecule has 1 N–H and O–H groups in total. The number of Topliss-reactive ketones (excluding diaryl/α,β-unsaturated/α-hetero) is 1. The smallest absolute Gasteiger partial charge is 0.306 e. The zero-order valence-corrected chi connectivity index (χ0v) is 16.9. The van der Waals surface area contributed by atoms with Gasteiger partial charge in [-0.25, -0.2) is 8.78 Å². The molecule has 0 radical (unpaired) electrons. The van der Waals surface area contributed by atoms with Crippen LogP contribution in [-0.2, 0) is 20.7 Å². The summed E-state index contributed by atoms with van der Waals surface area (Å²) in [6, 6.07) is 9.94. The number of ether oxygens (including phenoxy) is 1. The molecule has 7 heteroatoms. The lowest BCUT2D eigenvalue weighted by Gasteiger charge is -2.08. The van der Waals surface area contributed by atoms with Gasteiger partial charge in [0.25, 0.3) is 5.91 Å². The fourth-order valence-corrected chi connectivity index (χ4v) is 2.79. The molecule has 0 spiro atoms. The third-order valence-electron chi connectivity index (χ3n) is 4.47. The van der Waals surface area contributed by atoms with Gasteiger partial charge in [0.1, 0.15) is 11.6 Å². The van der Waals surface area contributed by atoms with Crippen LogP contribution in [0.15, 0.2) is 42.5 Å². The van der Waals surface area contributed by atoms with E-state index in [1.807, 2.05) is 12.1 Å². The van der Waals surface area contributed by atoms with Crippen molar-refractivity contribution in [1.82, 2.24) is 0 Å². The first kappa shape index (κ1) is 23.2. The van der Waals surface area contributed by atoms with Crippen LogP contribution in [0.3, 0.4) is 0 Å². The van der Waals surface area contributed by atoms with Crippen LogP contribution in [0.25, 0.3) is 0 Å². The lowest BCUT2D eigenvalue weighted by molar-refractivity contribution is -0.147. The molecule has 1 amide bonds. The largest absolute Gasteiger partial charge is 0.456 e. The summed E-state index contributed by atoms with van der Waals surface area (Å²) in [5, 5.41) is 2.12. The average molecular weight is 417 g/mol. The molecule has 2 aromatic rings. The lowest BCUT2D eigenvalue weighted by Crippen LogP contribution is -2.21. The number of carbonyl (C=O) groups is 3. The monoisotopic (exact) mass is 417 g/mol. The van der Waals surface area contributed by atoms with E-state index in [-0.39, 0.29) is 24.3 Å². The minimum Gasteiger partial charge on any atom is -0.456 e. The van der Waals surface area contributed by atoms with Crippen molar-refractivity contribution in [3.63, 3.8) is 0 Å². The minimum atomic E-state index is -0.808. The highest BCUT2D eigenvalue weighted by Crippen LogP contribution is 2.15. The van der Waals surface area contributed by atoms with Crippen LogP contribution in [0.1, 0.15) is 54.9 Å². The molecular weight excluding hydrogens is 392 g/mol. The molecule has 0 unspecified atom stereocenters. The maximum atomic E-state index is 13.5. The first-order chi connectivity index (χ1) is 14.4. The van der Waals surface area contributed by atoms with Crippen molar-refractivity contribution in [1.29, 1.82) is 0 Å². The SMILES string of the molecule is CCCCCc1ccc(C(=O)CCC(=O)OCC(=O)Nc2cc(F)ccc2F)cc1. The Balaban J connectivity index is 1.72. The van der Waals surface area contributed by atoms with E-state index in [2.05, 4.69) is 12.2 Å². The molecule has 2 aromatic carbocycles. The maximum absolute atomic E-state index is 13.5. The van der Waals surface area contributed by atoms with Crippen molar-refractivity contribution in [3.8, 4) is 0 Å². The van der Waals surface area contributed by atoms with Gasteiger partial charge in [0, 0.05) is 18.1 Å². The first-order valence-electron chi connectivity index (χ1n) is 9.91. The number of esters is 1.